The average Bonchev–Trinajstić information content (AvgIpc) is 2.49. The molecule has 1 unspecified atom stereocenters. The van der Waals surface area contributed by atoms with E-state index in [-0.39, 0.29) is 11.7 Å². The highest BCUT2D eigenvalue weighted by molar-refractivity contribution is 6.33. The minimum absolute atomic E-state index is 0.0577. The van der Waals surface area contributed by atoms with Crippen molar-refractivity contribution in [2.24, 2.45) is 0 Å². The summed E-state index contributed by atoms with van der Waals surface area (Å²) in [6.07, 6.45) is 0. The molecular weight excluding hydrogens is 290 g/mol. The zero-order valence-corrected chi connectivity index (χ0v) is 12.0. The van der Waals surface area contributed by atoms with Gasteiger partial charge in [-0.05, 0) is 25.1 Å². The number of halogens is 1. The van der Waals surface area contributed by atoms with Crippen LogP contribution in [0.3, 0.4) is 0 Å². The first-order valence-electron chi connectivity index (χ1n) is 6.22. The molecule has 0 saturated carbocycles. The van der Waals surface area contributed by atoms with Crippen molar-refractivity contribution in [2.45, 2.75) is 13.0 Å². The number of benzene rings is 2. The van der Waals surface area contributed by atoms with Crippen LogP contribution in [0.2, 0.25) is 5.02 Å². The Balaban J connectivity index is 2.29. The molecule has 106 valence electrons. The second-order valence-corrected chi connectivity index (χ2v) is 4.90. The molecule has 5 nitrogen and oxygen atoms in total. The first-order valence-corrected chi connectivity index (χ1v) is 6.60. The van der Waals surface area contributed by atoms with Gasteiger partial charge in [0.05, 0.1) is 38.9 Å². The SMILES string of the molecule is CC(Nc1ccc(C#N)cc1Cl)c1ccccc1[N+](=O)[O-]. The number of para-hydroxylation sites is 1. The molecule has 21 heavy (non-hydrogen) atoms. The monoisotopic (exact) mass is 301 g/mol. The fourth-order valence-corrected chi connectivity index (χ4v) is 2.27. The summed E-state index contributed by atoms with van der Waals surface area (Å²) in [5, 5.41) is 23.4. The summed E-state index contributed by atoms with van der Waals surface area (Å²) in [5.41, 5.74) is 1.72. The highest BCUT2D eigenvalue weighted by Crippen LogP contribution is 2.30. The number of nitrogens with one attached hydrogen (secondary N) is 1. The molecule has 0 aliphatic rings. The van der Waals surface area contributed by atoms with Gasteiger partial charge in [-0.15, -0.1) is 0 Å². The smallest absolute Gasteiger partial charge is 0.274 e. The minimum Gasteiger partial charge on any atom is -0.377 e. The number of nitrogens with zero attached hydrogens (tertiary/aromatic N) is 2. The largest absolute Gasteiger partial charge is 0.377 e. The number of anilines is 1. The molecule has 0 aromatic heterocycles. The van der Waals surface area contributed by atoms with Crippen molar-refractivity contribution in [2.75, 3.05) is 5.32 Å². The van der Waals surface area contributed by atoms with Crippen LogP contribution in [0, 0.1) is 21.4 Å². The van der Waals surface area contributed by atoms with Crippen molar-refractivity contribution < 1.29 is 4.92 Å². The summed E-state index contributed by atoms with van der Waals surface area (Å²) in [6.45, 7) is 1.82. The van der Waals surface area contributed by atoms with Crippen molar-refractivity contribution in [1.29, 1.82) is 5.26 Å². The standard InChI is InChI=1S/C15H12ClN3O2/c1-10(12-4-2-3-5-15(12)19(20)21)18-14-7-6-11(9-17)8-13(14)16/h2-8,10,18H,1H3. The Labute approximate surface area is 126 Å². The molecule has 0 radical (unpaired) electrons. The third kappa shape index (κ3) is 3.30. The quantitative estimate of drug-likeness (QED) is 0.674. The normalized spacial score (nSPS) is 11.5. The summed E-state index contributed by atoms with van der Waals surface area (Å²) >= 11 is 6.09. The number of nitriles is 1. The molecule has 0 aliphatic heterocycles. The summed E-state index contributed by atoms with van der Waals surface area (Å²) in [4.78, 5) is 10.6. The summed E-state index contributed by atoms with van der Waals surface area (Å²) in [5.74, 6) is 0. The van der Waals surface area contributed by atoms with E-state index in [9.17, 15) is 10.1 Å². The molecular formula is C15H12ClN3O2. The van der Waals surface area contributed by atoms with Crippen molar-refractivity contribution in [3.8, 4) is 6.07 Å². The topological polar surface area (TPSA) is 79.0 Å². The zero-order valence-electron chi connectivity index (χ0n) is 11.2. The lowest BCUT2D eigenvalue weighted by Gasteiger charge is -2.16. The molecule has 0 saturated heterocycles. The van der Waals surface area contributed by atoms with E-state index < -0.39 is 4.92 Å². The van der Waals surface area contributed by atoms with Gasteiger partial charge in [0.15, 0.2) is 0 Å². The van der Waals surface area contributed by atoms with Gasteiger partial charge in [-0.25, -0.2) is 0 Å². The number of hydrogen-bond donors (Lipinski definition) is 1. The molecule has 0 bridgehead atoms. The fourth-order valence-electron chi connectivity index (χ4n) is 2.03. The summed E-state index contributed by atoms with van der Waals surface area (Å²) < 4.78 is 0. The first kappa shape index (κ1) is 14.8. The van der Waals surface area contributed by atoms with Crippen LogP contribution < -0.4 is 5.32 Å². The fraction of sp³-hybridized carbons (Fsp3) is 0.133. The maximum absolute atomic E-state index is 11.0. The van der Waals surface area contributed by atoms with E-state index in [1.165, 1.54) is 6.07 Å². The third-order valence-corrected chi connectivity index (χ3v) is 3.38. The molecule has 1 N–H and O–H groups in total. The van der Waals surface area contributed by atoms with Gasteiger partial charge in [-0.2, -0.15) is 5.26 Å². The Kier molecular flexibility index (Phi) is 4.41. The Bertz CT molecular complexity index is 725. The zero-order chi connectivity index (χ0) is 15.4. The van der Waals surface area contributed by atoms with Gasteiger partial charge < -0.3 is 5.32 Å². The van der Waals surface area contributed by atoms with E-state index in [0.29, 0.717) is 21.8 Å². The molecule has 0 aliphatic carbocycles. The van der Waals surface area contributed by atoms with Gasteiger partial charge >= 0.3 is 0 Å². The Morgan fingerprint density at radius 3 is 2.67 bits per heavy atom. The number of rotatable bonds is 4. The van der Waals surface area contributed by atoms with Gasteiger partial charge in [-0.3, -0.25) is 10.1 Å². The summed E-state index contributed by atoms with van der Waals surface area (Å²) in [7, 11) is 0. The van der Waals surface area contributed by atoms with Crippen molar-refractivity contribution in [3.63, 3.8) is 0 Å². The number of hydrogen-bond acceptors (Lipinski definition) is 4. The van der Waals surface area contributed by atoms with Crippen molar-refractivity contribution in [1.82, 2.24) is 0 Å². The van der Waals surface area contributed by atoms with E-state index in [1.54, 1.807) is 36.4 Å². The molecule has 1 atom stereocenters. The van der Waals surface area contributed by atoms with E-state index in [4.69, 9.17) is 16.9 Å². The lowest BCUT2D eigenvalue weighted by Crippen LogP contribution is -2.09. The number of nitro benzene ring substituents is 1. The van der Waals surface area contributed by atoms with Crippen LogP contribution >= 0.6 is 11.6 Å². The highest BCUT2D eigenvalue weighted by atomic mass is 35.5. The highest BCUT2D eigenvalue weighted by Gasteiger charge is 2.18. The van der Waals surface area contributed by atoms with Crippen molar-refractivity contribution in [3.05, 3.63) is 68.7 Å². The van der Waals surface area contributed by atoms with Gasteiger partial charge in [-0.1, -0.05) is 29.8 Å². The van der Waals surface area contributed by atoms with Crippen LogP contribution in [0.25, 0.3) is 0 Å². The molecule has 0 heterocycles. The van der Waals surface area contributed by atoms with E-state index in [1.807, 2.05) is 13.0 Å². The van der Waals surface area contributed by atoms with Crippen LogP contribution in [0.4, 0.5) is 11.4 Å². The van der Waals surface area contributed by atoms with Crippen LogP contribution in [0.5, 0.6) is 0 Å². The lowest BCUT2D eigenvalue weighted by atomic mass is 10.1. The number of nitro groups is 1. The maximum atomic E-state index is 11.0. The molecule has 0 spiro atoms. The molecule has 2 aromatic carbocycles. The molecule has 0 fully saturated rings. The van der Waals surface area contributed by atoms with Crippen LogP contribution in [0.15, 0.2) is 42.5 Å². The summed E-state index contributed by atoms with van der Waals surface area (Å²) in [6, 6.07) is 13.1. The Hall–Kier alpha value is -2.58. The minimum atomic E-state index is -0.409. The predicted molar refractivity (Wildman–Crippen MR) is 81.3 cm³/mol. The van der Waals surface area contributed by atoms with E-state index in [2.05, 4.69) is 5.32 Å². The third-order valence-electron chi connectivity index (χ3n) is 3.07. The van der Waals surface area contributed by atoms with Gasteiger partial charge in [0, 0.05) is 6.07 Å². The van der Waals surface area contributed by atoms with E-state index >= 15 is 0 Å². The predicted octanol–water partition coefficient (Wildman–Crippen LogP) is 4.29. The van der Waals surface area contributed by atoms with Gasteiger partial charge in [0.1, 0.15) is 0 Å². The molecule has 0 amide bonds. The Morgan fingerprint density at radius 1 is 1.33 bits per heavy atom. The van der Waals surface area contributed by atoms with Gasteiger partial charge in [0.2, 0.25) is 0 Å². The first-order chi connectivity index (χ1) is 10.0. The molecule has 2 aromatic rings. The Morgan fingerprint density at radius 2 is 2.05 bits per heavy atom. The molecule has 6 heteroatoms. The second-order valence-electron chi connectivity index (χ2n) is 4.49. The van der Waals surface area contributed by atoms with Crippen LogP contribution in [-0.2, 0) is 0 Å². The van der Waals surface area contributed by atoms with E-state index in [0.717, 1.165) is 0 Å². The maximum Gasteiger partial charge on any atom is 0.274 e. The van der Waals surface area contributed by atoms with Crippen LogP contribution in [0.1, 0.15) is 24.1 Å². The second kappa shape index (κ2) is 6.25. The van der Waals surface area contributed by atoms with Crippen molar-refractivity contribution >= 4 is 23.0 Å². The average molecular weight is 302 g/mol. The van der Waals surface area contributed by atoms with Gasteiger partial charge in [0.25, 0.3) is 5.69 Å². The lowest BCUT2D eigenvalue weighted by molar-refractivity contribution is -0.385. The van der Waals surface area contributed by atoms with Crippen LogP contribution in [-0.4, -0.2) is 4.92 Å². The molecule has 2 rings (SSSR count).